The second-order valence-corrected chi connectivity index (χ2v) is 6.23. The molecular weight excluding hydrogens is 264 g/mol. The van der Waals surface area contributed by atoms with Gasteiger partial charge in [0.15, 0.2) is 0 Å². The summed E-state index contributed by atoms with van der Waals surface area (Å²) in [6.07, 6.45) is 0. The molecular formula is C6H14S6. The van der Waals surface area contributed by atoms with Crippen LogP contribution in [0.15, 0.2) is 0 Å². The van der Waals surface area contributed by atoms with Crippen LogP contribution in [-0.4, -0.2) is 32.3 Å². The molecule has 0 aromatic heterocycles. The smallest absolute Gasteiger partial charge is 0.0365 e. The molecule has 0 saturated carbocycles. The number of thioether (sulfide) groups is 1. The van der Waals surface area contributed by atoms with E-state index in [4.69, 9.17) is 0 Å². The average Bonchev–Trinajstić information content (AvgIpc) is 2.11. The first-order valence-electron chi connectivity index (χ1n) is 3.47. The molecule has 0 radical (unpaired) electrons. The van der Waals surface area contributed by atoms with Crippen LogP contribution >= 0.6 is 74.9 Å². The van der Waals surface area contributed by atoms with E-state index in [9.17, 15) is 0 Å². The summed E-state index contributed by atoms with van der Waals surface area (Å²) in [5.41, 5.74) is 0. The first-order chi connectivity index (χ1) is 5.67. The largest absolute Gasteiger partial charge is 0.178 e. The first-order valence-corrected chi connectivity index (χ1v) is 7.45. The molecule has 74 valence electrons. The molecule has 6 heteroatoms. The lowest BCUT2D eigenvalue weighted by atomic mass is 10.2. The number of hydrogen-bond donors (Lipinski definition) is 5. The van der Waals surface area contributed by atoms with Crippen LogP contribution in [0, 0.1) is 0 Å². The minimum Gasteiger partial charge on any atom is -0.178 e. The molecule has 0 aliphatic heterocycles. The van der Waals surface area contributed by atoms with Crippen molar-refractivity contribution in [3.8, 4) is 0 Å². The molecule has 0 bridgehead atoms. The van der Waals surface area contributed by atoms with Crippen molar-refractivity contribution in [1.29, 1.82) is 0 Å². The van der Waals surface area contributed by atoms with E-state index in [-0.39, 0.29) is 10.5 Å². The highest BCUT2D eigenvalue weighted by molar-refractivity contribution is 8.10. The van der Waals surface area contributed by atoms with Crippen LogP contribution in [0.25, 0.3) is 0 Å². The average molecular weight is 279 g/mol. The Labute approximate surface area is 106 Å². The van der Waals surface area contributed by atoms with E-state index in [1.165, 1.54) is 0 Å². The molecule has 0 aliphatic rings. The van der Waals surface area contributed by atoms with Gasteiger partial charge in [0.05, 0.1) is 0 Å². The second kappa shape index (κ2) is 8.41. The van der Waals surface area contributed by atoms with Crippen molar-refractivity contribution < 1.29 is 0 Å². The van der Waals surface area contributed by atoms with Crippen LogP contribution in [0.4, 0.5) is 0 Å². The molecule has 0 fully saturated rings. The Morgan fingerprint density at radius 2 is 1.33 bits per heavy atom. The molecule has 2 unspecified atom stereocenters. The quantitative estimate of drug-likeness (QED) is 0.367. The predicted octanol–water partition coefficient (Wildman–Crippen LogP) is 2.43. The maximum absolute atomic E-state index is 4.44. The zero-order chi connectivity index (χ0) is 9.56. The Balaban J connectivity index is 4.01. The molecule has 0 heterocycles. The third-order valence-electron chi connectivity index (χ3n) is 1.40. The molecule has 0 rings (SSSR count). The van der Waals surface area contributed by atoms with Gasteiger partial charge in [-0.2, -0.15) is 63.1 Å². The van der Waals surface area contributed by atoms with Crippen LogP contribution in [0.1, 0.15) is 0 Å². The normalized spacial score (nSPS) is 18.8. The Kier molecular flexibility index (Phi) is 9.88. The molecule has 0 aliphatic carbocycles. The highest BCUT2D eigenvalue weighted by Gasteiger charge is 2.23. The Morgan fingerprint density at radius 3 is 1.58 bits per heavy atom. The predicted molar refractivity (Wildman–Crippen MR) is 78.5 cm³/mol. The van der Waals surface area contributed by atoms with Gasteiger partial charge >= 0.3 is 0 Å². The monoisotopic (exact) mass is 278 g/mol. The second-order valence-electron chi connectivity index (χ2n) is 2.26. The van der Waals surface area contributed by atoms with Crippen LogP contribution in [-0.2, 0) is 0 Å². The van der Waals surface area contributed by atoms with Crippen molar-refractivity contribution in [3.05, 3.63) is 0 Å². The fourth-order valence-corrected chi connectivity index (χ4v) is 3.90. The highest BCUT2D eigenvalue weighted by atomic mass is 32.2. The molecule has 0 aromatic rings. The summed E-state index contributed by atoms with van der Waals surface area (Å²) in [5, 5.41) is 1.70. The summed E-state index contributed by atoms with van der Waals surface area (Å²) in [5.74, 6) is 1.53. The molecule has 0 spiro atoms. The molecule has 0 amide bonds. The van der Waals surface area contributed by atoms with Crippen molar-refractivity contribution >= 4 is 74.9 Å². The fraction of sp³-hybridized carbons (Fsp3) is 1.00. The summed E-state index contributed by atoms with van der Waals surface area (Å²) in [7, 11) is 0. The molecule has 2 atom stereocenters. The topological polar surface area (TPSA) is 0 Å². The van der Waals surface area contributed by atoms with Gasteiger partial charge in [-0.05, 0) is 0 Å². The van der Waals surface area contributed by atoms with E-state index in [2.05, 4.69) is 63.1 Å². The van der Waals surface area contributed by atoms with E-state index in [1.807, 2.05) is 0 Å². The molecule has 0 saturated heterocycles. The third-order valence-corrected chi connectivity index (χ3v) is 5.81. The lowest BCUT2D eigenvalue weighted by Crippen LogP contribution is -2.30. The number of hydrogen-bond acceptors (Lipinski definition) is 6. The van der Waals surface area contributed by atoms with Gasteiger partial charge in [0.25, 0.3) is 0 Å². The standard InChI is InChI=1S/C6H14S6/c7-1-4(10)6(12-3-9)5(11)2-8/h4-11H,1-3H2. The Bertz CT molecular complexity index is 98.2. The maximum Gasteiger partial charge on any atom is 0.0365 e. The van der Waals surface area contributed by atoms with Gasteiger partial charge < -0.3 is 0 Å². The van der Waals surface area contributed by atoms with Gasteiger partial charge in [0.1, 0.15) is 0 Å². The van der Waals surface area contributed by atoms with Crippen molar-refractivity contribution in [3.63, 3.8) is 0 Å². The number of thiol groups is 5. The van der Waals surface area contributed by atoms with Crippen LogP contribution in [0.5, 0.6) is 0 Å². The summed E-state index contributed by atoms with van der Waals surface area (Å²) >= 11 is 23.2. The maximum atomic E-state index is 4.44. The van der Waals surface area contributed by atoms with Gasteiger partial charge in [-0.1, -0.05) is 0 Å². The molecule has 0 N–H and O–H groups in total. The lowest BCUT2D eigenvalue weighted by molar-refractivity contribution is 0.851. The van der Waals surface area contributed by atoms with Crippen LogP contribution < -0.4 is 0 Å². The summed E-state index contributed by atoms with van der Waals surface area (Å²) in [6.45, 7) is 0. The van der Waals surface area contributed by atoms with Crippen LogP contribution in [0.3, 0.4) is 0 Å². The van der Waals surface area contributed by atoms with E-state index in [0.29, 0.717) is 5.25 Å². The van der Waals surface area contributed by atoms with Gasteiger partial charge in [0, 0.05) is 32.3 Å². The van der Waals surface area contributed by atoms with Gasteiger partial charge in [-0.15, -0.1) is 11.8 Å². The Morgan fingerprint density at radius 1 is 0.917 bits per heavy atom. The molecule has 0 nitrogen and oxygen atoms in total. The zero-order valence-corrected chi connectivity index (χ0v) is 11.8. The highest BCUT2D eigenvalue weighted by Crippen LogP contribution is 2.27. The van der Waals surface area contributed by atoms with E-state index < -0.39 is 0 Å². The minimum absolute atomic E-state index is 0.264. The van der Waals surface area contributed by atoms with E-state index >= 15 is 0 Å². The lowest BCUT2D eigenvalue weighted by Gasteiger charge is -2.25. The van der Waals surface area contributed by atoms with Crippen molar-refractivity contribution in [1.82, 2.24) is 0 Å². The van der Waals surface area contributed by atoms with Gasteiger partial charge in [-0.3, -0.25) is 0 Å². The van der Waals surface area contributed by atoms with E-state index in [1.54, 1.807) is 11.8 Å². The summed E-state index contributed by atoms with van der Waals surface area (Å²) < 4.78 is 0. The van der Waals surface area contributed by atoms with Crippen molar-refractivity contribution in [2.75, 3.05) is 16.6 Å². The SMILES string of the molecule is SCSC(C(S)CS)C(S)CS. The van der Waals surface area contributed by atoms with E-state index in [0.717, 1.165) is 16.6 Å². The minimum atomic E-state index is 0.264. The van der Waals surface area contributed by atoms with Gasteiger partial charge in [-0.25, -0.2) is 0 Å². The zero-order valence-electron chi connectivity index (χ0n) is 6.50. The summed E-state index contributed by atoms with van der Waals surface area (Å²) in [6, 6.07) is 0. The first kappa shape index (κ1) is 14.1. The van der Waals surface area contributed by atoms with Crippen molar-refractivity contribution in [2.45, 2.75) is 15.7 Å². The fourth-order valence-electron chi connectivity index (χ4n) is 0.772. The number of rotatable bonds is 6. The third kappa shape index (κ3) is 5.10. The van der Waals surface area contributed by atoms with Gasteiger partial charge in [0.2, 0.25) is 0 Å². The van der Waals surface area contributed by atoms with Crippen LogP contribution in [0.2, 0.25) is 0 Å². The molecule has 0 aromatic carbocycles. The molecule has 12 heavy (non-hydrogen) atoms. The van der Waals surface area contributed by atoms with Crippen molar-refractivity contribution in [2.24, 2.45) is 0 Å². The Hall–Kier alpha value is 2.10. The summed E-state index contributed by atoms with van der Waals surface area (Å²) in [4.78, 5) is 0.